The Labute approximate surface area is 83.2 Å². The van der Waals surface area contributed by atoms with Crippen LogP contribution < -0.4 is 15.8 Å². The molecule has 1 saturated heterocycles. The van der Waals surface area contributed by atoms with Crippen LogP contribution in [0, 0.1) is 0 Å². The summed E-state index contributed by atoms with van der Waals surface area (Å²) in [4.78, 5) is 13.5. The van der Waals surface area contributed by atoms with Gasteiger partial charge in [0, 0.05) is 45.1 Å². The molecule has 2 heterocycles. The molecule has 0 amide bonds. The molecular weight excluding hydrogens is 178 g/mol. The highest BCUT2D eigenvalue weighted by Crippen LogP contribution is 2.13. The number of hydrogen-bond donors (Lipinski definition) is 1. The highest BCUT2D eigenvalue weighted by molar-refractivity contribution is 5.45. The second-order valence-corrected chi connectivity index (χ2v) is 3.76. The molecule has 1 aromatic heterocycles. The molecule has 1 N–H and O–H groups in total. The first-order chi connectivity index (χ1) is 6.68. The van der Waals surface area contributed by atoms with Crippen LogP contribution in [0.25, 0.3) is 0 Å². The normalized spacial score (nSPS) is 16.4. The van der Waals surface area contributed by atoms with Crippen LogP contribution in [0.1, 0.15) is 0 Å². The van der Waals surface area contributed by atoms with Crippen molar-refractivity contribution in [1.82, 2.24) is 9.88 Å². The van der Waals surface area contributed by atoms with Crippen LogP contribution in [-0.4, -0.2) is 30.7 Å². The summed E-state index contributed by atoms with van der Waals surface area (Å²) in [5, 5.41) is 3.21. The average Bonchev–Trinajstić information content (AvgIpc) is 2.06. The fraction of sp³-hybridized carbons (Fsp3) is 0.500. The van der Waals surface area contributed by atoms with Gasteiger partial charge in [-0.2, -0.15) is 0 Å². The lowest BCUT2D eigenvalue weighted by Crippen LogP contribution is -2.56. The molecule has 0 bridgehead atoms. The van der Waals surface area contributed by atoms with E-state index < -0.39 is 0 Å². The Bertz CT molecular complexity index is 381. The van der Waals surface area contributed by atoms with Gasteiger partial charge in [0.15, 0.2) is 0 Å². The van der Waals surface area contributed by atoms with E-state index in [1.54, 1.807) is 23.9 Å². The van der Waals surface area contributed by atoms with E-state index in [2.05, 4.69) is 10.2 Å². The fourth-order valence-electron chi connectivity index (χ4n) is 1.52. The number of anilines is 1. The largest absolute Gasteiger partial charge is 0.369 e. The van der Waals surface area contributed by atoms with E-state index in [1.165, 1.54) is 0 Å². The molecule has 0 spiro atoms. The average molecular weight is 193 g/mol. The first-order valence-corrected chi connectivity index (χ1v) is 4.79. The first-order valence-electron chi connectivity index (χ1n) is 4.79. The van der Waals surface area contributed by atoms with Crippen LogP contribution >= 0.6 is 0 Å². The summed E-state index contributed by atoms with van der Waals surface area (Å²) >= 11 is 0. The van der Waals surface area contributed by atoms with Crippen molar-refractivity contribution < 1.29 is 0 Å². The Kier molecular flexibility index (Phi) is 2.29. The molecule has 76 valence electrons. The number of hydrogen-bond acceptors (Lipinski definition) is 3. The van der Waals surface area contributed by atoms with Crippen molar-refractivity contribution in [2.45, 2.75) is 6.04 Å². The number of aryl methyl sites for hydroxylation is 1. The zero-order valence-corrected chi connectivity index (χ0v) is 8.53. The lowest BCUT2D eigenvalue weighted by Gasteiger charge is -2.37. The summed E-state index contributed by atoms with van der Waals surface area (Å²) in [5.74, 6) is 0. The summed E-state index contributed by atoms with van der Waals surface area (Å²) in [5.41, 5.74) is 1.04. The quantitative estimate of drug-likeness (QED) is 0.706. The van der Waals surface area contributed by atoms with Gasteiger partial charge in [0.05, 0.1) is 6.04 Å². The molecule has 14 heavy (non-hydrogen) atoms. The third-order valence-corrected chi connectivity index (χ3v) is 2.80. The zero-order valence-electron chi connectivity index (χ0n) is 8.53. The molecule has 1 fully saturated rings. The van der Waals surface area contributed by atoms with Crippen molar-refractivity contribution in [3.8, 4) is 0 Å². The predicted molar refractivity (Wildman–Crippen MR) is 56.7 cm³/mol. The number of pyridine rings is 1. The summed E-state index contributed by atoms with van der Waals surface area (Å²) in [6.07, 6.45) is 1.81. The Morgan fingerprint density at radius 3 is 2.79 bits per heavy atom. The van der Waals surface area contributed by atoms with Gasteiger partial charge in [-0.3, -0.25) is 4.79 Å². The van der Waals surface area contributed by atoms with Crippen LogP contribution in [0.4, 0.5) is 5.69 Å². The van der Waals surface area contributed by atoms with E-state index in [0.717, 1.165) is 18.8 Å². The van der Waals surface area contributed by atoms with Crippen LogP contribution in [0.2, 0.25) is 0 Å². The molecule has 0 unspecified atom stereocenters. The van der Waals surface area contributed by atoms with Gasteiger partial charge in [0.25, 0.3) is 5.56 Å². The summed E-state index contributed by atoms with van der Waals surface area (Å²) in [6, 6.07) is 4.18. The second-order valence-electron chi connectivity index (χ2n) is 3.76. The molecule has 0 atom stereocenters. The molecule has 1 aliphatic heterocycles. The van der Waals surface area contributed by atoms with Gasteiger partial charge in [0.1, 0.15) is 0 Å². The number of rotatable bonds is 2. The maximum atomic E-state index is 11.4. The summed E-state index contributed by atoms with van der Waals surface area (Å²) in [7, 11) is 3.79. The minimum Gasteiger partial charge on any atom is -0.369 e. The minimum absolute atomic E-state index is 0.0432. The Hall–Kier alpha value is -1.29. The predicted octanol–water partition coefficient (Wildman–Crippen LogP) is -0.207. The maximum Gasteiger partial charge on any atom is 0.252 e. The molecule has 2 rings (SSSR count). The molecular formula is C10H15N3O. The second kappa shape index (κ2) is 3.46. The van der Waals surface area contributed by atoms with Gasteiger partial charge in [-0.05, 0) is 6.07 Å². The Morgan fingerprint density at radius 2 is 2.29 bits per heavy atom. The van der Waals surface area contributed by atoms with Gasteiger partial charge in [0.2, 0.25) is 0 Å². The van der Waals surface area contributed by atoms with Crippen LogP contribution in [0.3, 0.4) is 0 Å². The number of nitrogens with zero attached hydrogens (tertiary/aromatic N) is 2. The van der Waals surface area contributed by atoms with Crippen molar-refractivity contribution in [1.29, 1.82) is 0 Å². The zero-order chi connectivity index (χ0) is 10.1. The van der Waals surface area contributed by atoms with E-state index in [1.807, 2.05) is 13.1 Å². The van der Waals surface area contributed by atoms with Crippen molar-refractivity contribution >= 4 is 5.69 Å². The number of likely N-dealkylation sites (N-methyl/N-ethyl adjacent to an activating group) is 1. The van der Waals surface area contributed by atoms with Gasteiger partial charge in [-0.25, -0.2) is 0 Å². The third kappa shape index (κ3) is 1.53. The molecule has 0 saturated carbocycles. The minimum atomic E-state index is 0.0432. The van der Waals surface area contributed by atoms with Crippen molar-refractivity contribution in [2.24, 2.45) is 7.05 Å². The molecule has 4 nitrogen and oxygen atoms in total. The summed E-state index contributed by atoms with van der Waals surface area (Å²) in [6.45, 7) is 2.01. The highest BCUT2D eigenvalue weighted by atomic mass is 16.1. The SMILES string of the molecule is CN(c1ccn(C)c(=O)c1)C1CNC1. The lowest BCUT2D eigenvalue weighted by molar-refractivity contribution is 0.428. The number of nitrogens with one attached hydrogen (secondary N) is 1. The third-order valence-electron chi connectivity index (χ3n) is 2.80. The molecule has 0 aromatic carbocycles. The van der Waals surface area contributed by atoms with Crippen molar-refractivity contribution in [2.75, 3.05) is 25.0 Å². The maximum absolute atomic E-state index is 11.4. The van der Waals surface area contributed by atoms with Gasteiger partial charge < -0.3 is 14.8 Å². The fourth-order valence-corrected chi connectivity index (χ4v) is 1.52. The molecule has 4 heteroatoms. The van der Waals surface area contributed by atoms with E-state index >= 15 is 0 Å². The Morgan fingerprint density at radius 1 is 1.57 bits per heavy atom. The van der Waals surface area contributed by atoms with E-state index in [0.29, 0.717) is 6.04 Å². The van der Waals surface area contributed by atoms with Crippen molar-refractivity contribution in [3.63, 3.8) is 0 Å². The van der Waals surface area contributed by atoms with E-state index in [9.17, 15) is 4.79 Å². The standard InChI is InChI=1S/C10H15N3O/c1-12-4-3-8(5-10(12)14)13(2)9-6-11-7-9/h3-5,9,11H,6-7H2,1-2H3. The molecule has 1 aliphatic rings. The van der Waals surface area contributed by atoms with Crippen molar-refractivity contribution in [3.05, 3.63) is 28.7 Å². The molecule has 1 aromatic rings. The van der Waals surface area contributed by atoms with Crippen LogP contribution in [0.15, 0.2) is 23.1 Å². The van der Waals surface area contributed by atoms with E-state index in [4.69, 9.17) is 0 Å². The summed E-state index contributed by atoms with van der Waals surface area (Å²) < 4.78 is 1.58. The van der Waals surface area contributed by atoms with Crippen LogP contribution in [-0.2, 0) is 7.05 Å². The van der Waals surface area contributed by atoms with Crippen LogP contribution in [0.5, 0.6) is 0 Å². The highest BCUT2D eigenvalue weighted by Gasteiger charge is 2.21. The number of aromatic nitrogens is 1. The monoisotopic (exact) mass is 193 g/mol. The lowest BCUT2D eigenvalue weighted by atomic mass is 10.1. The van der Waals surface area contributed by atoms with Gasteiger partial charge in [-0.15, -0.1) is 0 Å². The Balaban J connectivity index is 2.23. The van der Waals surface area contributed by atoms with E-state index in [-0.39, 0.29) is 5.56 Å². The molecule has 0 aliphatic carbocycles. The van der Waals surface area contributed by atoms with Gasteiger partial charge in [-0.1, -0.05) is 0 Å². The molecule has 0 radical (unpaired) electrons. The topological polar surface area (TPSA) is 37.3 Å². The smallest absolute Gasteiger partial charge is 0.252 e. The van der Waals surface area contributed by atoms with Gasteiger partial charge >= 0.3 is 0 Å². The first kappa shape index (κ1) is 9.27.